The lowest BCUT2D eigenvalue weighted by molar-refractivity contribution is -0.131. The number of carbonyl (C=O) groups is 1. The van der Waals surface area contributed by atoms with Gasteiger partial charge in [-0.15, -0.1) is 0 Å². The molecule has 29 heavy (non-hydrogen) atoms. The van der Waals surface area contributed by atoms with E-state index in [-0.39, 0.29) is 18.5 Å². The zero-order chi connectivity index (χ0) is 21.8. The molecule has 0 aliphatic rings. The summed E-state index contributed by atoms with van der Waals surface area (Å²) in [6, 6.07) is 7.74. The Morgan fingerprint density at radius 3 is 2.62 bits per heavy atom. The molecule has 0 saturated heterocycles. The number of aryl methyl sites for hydroxylation is 1. The number of sulfone groups is 1. The number of nitrogens with one attached hydrogen (secondary N) is 1. The van der Waals surface area contributed by atoms with Crippen molar-refractivity contribution in [3.05, 3.63) is 52.7 Å². The van der Waals surface area contributed by atoms with Crippen molar-refractivity contribution in [3.63, 3.8) is 0 Å². The summed E-state index contributed by atoms with van der Waals surface area (Å²) in [6.07, 6.45) is 1.47. The van der Waals surface area contributed by atoms with Crippen LogP contribution in [0.4, 0.5) is 4.39 Å². The van der Waals surface area contributed by atoms with Gasteiger partial charge in [0.15, 0.2) is 14.6 Å². The molecule has 8 nitrogen and oxygen atoms in total. The third kappa shape index (κ3) is 4.83. The second-order valence-corrected chi connectivity index (χ2v) is 9.17. The number of halogens is 1. The average molecular weight is 426 g/mol. The number of pyridine rings is 1. The van der Waals surface area contributed by atoms with Gasteiger partial charge in [-0.25, -0.2) is 18.3 Å². The molecule has 0 bridgehead atoms. The molecule has 2 aromatic rings. The molecule has 2 N–H and O–H groups in total. The molecule has 1 unspecified atom stereocenters. The molecule has 1 aromatic heterocycles. The summed E-state index contributed by atoms with van der Waals surface area (Å²) < 4.78 is 43.1. The molecule has 1 aromatic carbocycles. The Balaban J connectivity index is 2.36. The molecular weight excluding hydrogens is 403 g/mol. The van der Waals surface area contributed by atoms with E-state index >= 15 is 0 Å². The molecule has 1 amide bonds. The maximum atomic E-state index is 14.7. The lowest BCUT2D eigenvalue weighted by Gasteiger charge is -2.25. The van der Waals surface area contributed by atoms with E-state index in [1.807, 2.05) is 6.92 Å². The van der Waals surface area contributed by atoms with Crippen LogP contribution in [0.15, 0.2) is 41.3 Å². The summed E-state index contributed by atoms with van der Waals surface area (Å²) in [7, 11) is -3.93. The second-order valence-electron chi connectivity index (χ2n) is 6.72. The molecule has 2 rings (SSSR count). The van der Waals surface area contributed by atoms with Crippen LogP contribution in [0.3, 0.4) is 0 Å². The summed E-state index contributed by atoms with van der Waals surface area (Å²) in [5, 5.41) is 8.85. The number of rotatable bonds is 8. The molecule has 0 radical (unpaired) electrons. The van der Waals surface area contributed by atoms with Crippen molar-refractivity contribution >= 4 is 15.7 Å². The van der Waals surface area contributed by atoms with E-state index in [9.17, 15) is 22.4 Å². The fraction of sp³-hybridized carbons (Fsp3) is 0.368. The van der Waals surface area contributed by atoms with E-state index in [0.717, 1.165) is 30.0 Å². The topological polar surface area (TPSA) is 115 Å². The van der Waals surface area contributed by atoms with E-state index in [2.05, 4.69) is 0 Å². The minimum atomic E-state index is -3.93. The van der Waals surface area contributed by atoms with Crippen molar-refractivity contribution in [3.8, 4) is 16.9 Å². The highest BCUT2D eigenvalue weighted by molar-refractivity contribution is 7.92. The first-order valence-electron chi connectivity index (χ1n) is 8.81. The number of benzene rings is 1. The van der Waals surface area contributed by atoms with Crippen LogP contribution >= 0.6 is 0 Å². The van der Waals surface area contributed by atoms with Gasteiger partial charge in [-0.05, 0) is 38.0 Å². The number of aromatic nitrogens is 1. The van der Waals surface area contributed by atoms with Gasteiger partial charge in [0.2, 0.25) is 0 Å². The lowest BCUT2D eigenvalue weighted by atomic mass is 10.1. The van der Waals surface area contributed by atoms with Crippen LogP contribution in [0.2, 0.25) is 0 Å². The Kier molecular flexibility index (Phi) is 6.81. The second kappa shape index (κ2) is 8.75. The maximum absolute atomic E-state index is 14.7. The van der Waals surface area contributed by atoms with Gasteiger partial charge >= 0.3 is 0 Å². The zero-order valence-corrected chi connectivity index (χ0v) is 17.1. The third-order valence-corrected chi connectivity index (χ3v) is 6.79. The first kappa shape index (κ1) is 22.6. The summed E-state index contributed by atoms with van der Waals surface area (Å²) in [4.78, 5) is 24.3. The molecule has 1 atom stereocenters. The van der Waals surface area contributed by atoms with Gasteiger partial charge in [-0.1, -0.05) is 12.1 Å². The Morgan fingerprint density at radius 1 is 1.34 bits per heavy atom. The molecule has 1 heterocycles. The van der Waals surface area contributed by atoms with Gasteiger partial charge in [0.25, 0.3) is 11.5 Å². The molecule has 0 aliphatic carbocycles. The summed E-state index contributed by atoms with van der Waals surface area (Å²) in [5.41, 5.74) is 1.30. The molecule has 158 valence electrons. The first-order chi connectivity index (χ1) is 13.5. The molecule has 0 aliphatic heterocycles. The SMILES string of the molecule is CCOc1cccc(-c2cc(=O)n(CCC(C)(C(=O)NO)S(C)(=O)=O)cc2F)c1. The van der Waals surface area contributed by atoms with Gasteiger partial charge in [-0.2, -0.15) is 0 Å². The standard InChI is InChI=1S/C19H23FN2O6S/c1-4-28-14-7-5-6-13(10-14)15-11-17(23)22(12-16(15)20)9-8-19(2,18(24)21-25)29(3,26)27/h5-7,10-12,25H,4,8-9H2,1-3H3,(H,21,24). The summed E-state index contributed by atoms with van der Waals surface area (Å²) in [5.74, 6) is -1.28. The van der Waals surface area contributed by atoms with Crippen LogP contribution in [-0.4, -0.2) is 41.7 Å². The van der Waals surface area contributed by atoms with Crippen molar-refractivity contribution in [2.45, 2.75) is 31.6 Å². The number of carbonyl (C=O) groups excluding carboxylic acids is 1. The minimum Gasteiger partial charge on any atom is -0.494 e. The quantitative estimate of drug-likeness (QED) is 0.491. The molecule has 0 saturated carbocycles. The smallest absolute Gasteiger partial charge is 0.264 e. The summed E-state index contributed by atoms with van der Waals surface area (Å²) in [6.45, 7) is 3.14. The first-order valence-corrected chi connectivity index (χ1v) is 10.7. The van der Waals surface area contributed by atoms with E-state index in [0.29, 0.717) is 17.9 Å². The fourth-order valence-electron chi connectivity index (χ4n) is 2.78. The Labute approximate surface area is 167 Å². The van der Waals surface area contributed by atoms with Gasteiger partial charge in [0, 0.05) is 30.6 Å². The van der Waals surface area contributed by atoms with Crippen LogP contribution in [0.5, 0.6) is 5.75 Å². The number of hydrogen-bond acceptors (Lipinski definition) is 6. The van der Waals surface area contributed by atoms with Crippen molar-refractivity contribution in [2.75, 3.05) is 12.9 Å². The molecule has 10 heteroatoms. The Hall–Kier alpha value is -2.72. The Bertz CT molecular complexity index is 1070. The van der Waals surface area contributed by atoms with Crippen molar-refractivity contribution < 1.29 is 27.5 Å². The van der Waals surface area contributed by atoms with Crippen molar-refractivity contribution in [2.24, 2.45) is 0 Å². The maximum Gasteiger partial charge on any atom is 0.264 e. The fourth-order valence-corrected chi connectivity index (χ4v) is 3.63. The third-order valence-electron chi connectivity index (χ3n) is 4.76. The van der Waals surface area contributed by atoms with Crippen LogP contribution < -0.4 is 15.8 Å². The van der Waals surface area contributed by atoms with Crippen molar-refractivity contribution in [1.29, 1.82) is 0 Å². The van der Waals surface area contributed by atoms with Gasteiger partial charge in [-0.3, -0.25) is 14.8 Å². The normalized spacial score (nSPS) is 13.6. The molecule has 0 spiro atoms. The molecule has 0 fully saturated rings. The predicted octanol–water partition coefficient (Wildman–Crippen LogP) is 1.75. The number of ether oxygens (including phenoxy) is 1. The van der Waals surface area contributed by atoms with E-state index in [1.165, 1.54) is 5.48 Å². The van der Waals surface area contributed by atoms with E-state index in [4.69, 9.17) is 9.94 Å². The zero-order valence-electron chi connectivity index (χ0n) is 16.3. The number of hydroxylamine groups is 1. The van der Waals surface area contributed by atoms with E-state index < -0.39 is 31.9 Å². The predicted molar refractivity (Wildman–Crippen MR) is 105 cm³/mol. The number of nitrogens with zero attached hydrogens (tertiary/aromatic N) is 1. The lowest BCUT2D eigenvalue weighted by Crippen LogP contribution is -2.50. The highest BCUT2D eigenvalue weighted by Gasteiger charge is 2.43. The monoisotopic (exact) mass is 426 g/mol. The van der Waals surface area contributed by atoms with Crippen LogP contribution in [0, 0.1) is 5.82 Å². The number of hydrogen-bond donors (Lipinski definition) is 2. The van der Waals surface area contributed by atoms with Crippen LogP contribution in [0.1, 0.15) is 20.3 Å². The largest absolute Gasteiger partial charge is 0.494 e. The van der Waals surface area contributed by atoms with Gasteiger partial charge in [0.1, 0.15) is 11.6 Å². The highest BCUT2D eigenvalue weighted by Crippen LogP contribution is 2.26. The van der Waals surface area contributed by atoms with Gasteiger partial charge in [0.05, 0.1) is 6.61 Å². The minimum absolute atomic E-state index is 0.0757. The summed E-state index contributed by atoms with van der Waals surface area (Å²) >= 11 is 0. The van der Waals surface area contributed by atoms with Crippen LogP contribution in [0.25, 0.3) is 11.1 Å². The van der Waals surface area contributed by atoms with Gasteiger partial charge < -0.3 is 9.30 Å². The highest BCUT2D eigenvalue weighted by atomic mass is 32.2. The van der Waals surface area contributed by atoms with Crippen molar-refractivity contribution in [1.82, 2.24) is 10.0 Å². The van der Waals surface area contributed by atoms with E-state index in [1.54, 1.807) is 24.3 Å². The average Bonchev–Trinajstić information content (AvgIpc) is 2.67. The Morgan fingerprint density at radius 2 is 2.03 bits per heavy atom. The number of amides is 1. The molecular formula is C19H23FN2O6S. The van der Waals surface area contributed by atoms with Crippen LogP contribution in [-0.2, 0) is 21.2 Å².